The normalized spacial score (nSPS) is 19.2. The predicted molar refractivity (Wildman–Crippen MR) is 144 cm³/mol. The van der Waals surface area contributed by atoms with Crippen LogP contribution in [0.3, 0.4) is 0 Å². The molecule has 2 aliphatic rings. The highest BCUT2D eigenvalue weighted by molar-refractivity contribution is 5.99. The van der Waals surface area contributed by atoms with E-state index in [0.29, 0.717) is 24.9 Å². The molecule has 4 N–H and O–H groups in total. The molecule has 36 heavy (non-hydrogen) atoms. The molecule has 6 nitrogen and oxygen atoms in total. The highest BCUT2D eigenvalue weighted by Crippen LogP contribution is 2.29. The van der Waals surface area contributed by atoms with Gasteiger partial charge in [0.05, 0.1) is 12.1 Å². The van der Waals surface area contributed by atoms with E-state index < -0.39 is 12.1 Å². The number of benzene rings is 2. The zero-order valence-corrected chi connectivity index (χ0v) is 21.5. The summed E-state index contributed by atoms with van der Waals surface area (Å²) in [6.07, 6.45) is 8.37. The molecule has 0 aromatic heterocycles. The molecular weight excluding hydrogens is 450 g/mol. The van der Waals surface area contributed by atoms with Gasteiger partial charge in [-0.1, -0.05) is 62.9 Å². The summed E-state index contributed by atoms with van der Waals surface area (Å²) in [6.45, 7) is 2.79. The molecule has 1 saturated heterocycles. The Morgan fingerprint density at radius 2 is 1.83 bits per heavy atom. The summed E-state index contributed by atoms with van der Waals surface area (Å²) < 4.78 is 0. The van der Waals surface area contributed by atoms with Crippen LogP contribution in [0.2, 0.25) is 0 Å². The van der Waals surface area contributed by atoms with Crippen molar-refractivity contribution in [3.8, 4) is 0 Å². The van der Waals surface area contributed by atoms with Gasteiger partial charge in [-0.3, -0.25) is 9.59 Å². The largest absolute Gasteiger partial charge is 0.389 e. The van der Waals surface area contributed by atoms with Crippen molar-refractivity contribution in [3.05, 3.63) is 65.2 Å². The van der Waals surface area contributed by atoms with Gasteiger partial charge in [0.1, 0.15) is 0 Å². The van der Waals surface area contributed by atoms with Gasteiger partial charge >= 0.3 is 0 Å². The maximum atomic E-state index is 13.6. The van der Waals surface area contributed by atoms with Crippen LogP contribution in [-0.2, 0) is 17.6 Å². The van der Waals surface area contributed by atoms with Crippen molar-refractivity contribution < 1.29 is 14.7 Å². The van der Waals surface area contributed by atoms with Crippen LogP contribution in [0.5, 0.6) is 0 Å². The molecule has 2 aromatic carbocycles. The molecule has 6 heteroatoms. The number of aliphatic hydroxyl groups excluding tert-OH is 1. The van der Waals surface area contributed by atoms with E-state index in [2.05, 4.69) is 12.2 Å². The van der Waals surface area contributed by atoms with Crippen molar-refractivity contribution in [2.75, 3.05) is 11.4 Å². The average molecular weight is 492 g/mol. The van der Waals surface area contributed by atoms with Crippen molar-refractivity contribution in [1.82, 2.24) is 5.32 Å². The Kier molecular flexibility index (Phi) is 9.16. The first-order valence-electron chi connectivity index (χ1n) is 13.7. The Labute approximate surface area is 215 Å². The van der Waals surface area contributed by atoms with Gasteiger partial charge in [-0.15, -0.1) is 0 Å². The predicted octanol–water partition coefficient (Wildman–Crippen LogP) is 4.38. The first kappa shape index (κ1) is 26.4. The van der Waals surface area contributed by atoms with Crippen LogP contribution in [0.25, 0.3) is 0 Å². The summed E-state index contributed by atoms with van der Waals surface area (Å²) in [7, 11) is 0. The third-order valence-electron chi connectivity index (χ3n) is 7.78. The molecule has 1 saturated carbocycles. The van der Waals surface area contributed by atoms with E-state index in [4.69, 9.17) is 5.73 Å². The van der Waals surface area contributed by atoms with Gasteiger partial charge in [-0.05, 0) is 67.3 Å². The number of amides is 2. The zero-order chi connectivity index (χ0) is 25.5. The molecule has 0 spiro atoms. The average Bonchev–Trinajstić information content (AvgIpc) is 3.34. The number of carbonyl (C=O) groups excluding carboxylic acids is 2. The number of hydrogen-bond acceptors (Lipinski definition) is 4. The minimum Gasteiger partial charge on any atom is -0.389 e. The molecule has 2 aromatic rings. The first-order valence-corrected chi connectivity index (χ1v) is 13.7. The van der Waals surface area contributed by atoms with Crippen LogP contribution in [0.15, 0.2) is 48.5 Å². The second-order valence-electron chi connectivity index (χ2n) is 10.5. The molecule has 3 unspecified atom stereocenters. The van der Waals surface area contributed by atoms with Crippen LogP contribution in [0.4, 0.5) is 5.69 Å². The third kappa shape index (κ3) is 6.54. The van der Waals surface area contributed by atoms with E-state index in [9.17, 15) is 14.7 Å². The van der Waals surface area contributed by atoms with Crippen molar-refractivity contribution in [3.63, 3.8) is 0 Å². The topological polar surface area (TPSA) is 95.7 Å². The highest BCUT2D eigenvalue weighted by Gasteiger charge is 2.33. The Hall–Kier alpha value is -2.70. The number of aliphatic hydroxyl groups is 1. The second kappa shape index (κ2) is 12.5. The van der Waals surface area contributed by atoms with E-state index >= 15 is 0 Å². The van der Waals surface area contributed by atoms with E-state index in [1.54, 1.807) is 4.90 Å². The van der Waals surface area contributed by atoms with Crippen LogP contribution in [0, 0.1) is 5.92 Å². The van der Waals surface area contributed by atoms with E-state index in [0.717, 1.165) is 61.8 Å². The fourth-order valence-electron chi connectivity index (χ4n) is 5.76. The molecule has 0 bridgehead atoms. The zero-order valence-electron chi connectivity index (χ0n) is 21.5. The standard InChI is InChI=1S/C30H41N3O3/c1-2-10-22-17-24(20-25(18-22)33-16-9-15-27(33)34)30(36)32-26(19-21-11-5-3-6-12-21)29(35)28(31)23-13-7-4-8-14-23/h3,5-6,11-12,17-18,20,23,26,28-29,35H,2,4,7-10,13-16,19,31H2,1H3,(H,32,36). The summed E-state index contributed by atoms with van der Waals surface area (Å²) in [5.41, 5.74) is 9.99. The van der Waals surface area contributed by atoms with Crippen molar-refractivity contribution in [2.24, 2.45) is 11.7 Å². The Balaban J connectivity index is 1.58. The molecule has 1 heterocycles. The van der Waals surface area contributed by atoms with Gasteiger partial charge in [0, 0.05) is 30.3 Å². The molecular formula is C30H41N3O3. The minimum atomic E-state index is -0.851. The summed E-state index contributed by atoms with van der Waals surface area (Å²) in [5, 5.41) is 14.5. The van der Waals surface area contributed by atoms with Crippen molar-refractivity contribution in [1.29, 1.82) is 0 Å². The van der Waals surface area contributed by atoms with Crippen LogP contribution >= 0.6 is 0 Å². The molecule has 1 aliphatic carbocycles. The van der Waals surface area contributed by atoms with E-state index in [-0.39, 0.29) is 23.8 Å². The fraction of sp³-hybridized carbons (Fsp3) is 0.533. The number of rotatable bonds is 10. The van der Waals surface area contributed by atoms with Gasteiger partial charge in [-0.2, -0.15) is 0 Å². The Bertz CT molecular complexity index is 1020. The van der Waals surface area contributed by atoms with Crippen LogP contribution in [-0.4, -0.2) is 41.7 Å². The van der Waals surface area contributed by atoms with E-state index in [1.165, 1.54) is 6.42 Å². The van der Waals surface area contributed by atoms with E-state index in [1.807, 2.05) is 48.5 Å². The highest BCUT2D eigenvalue weighted by atomic mass is 16.3. The third-order valence-corrected chi connectivity index (χ3v) is 7.78. The molecule has 2 fully saturated rings. The Morgan fingerprint density at radius 1 is 1.08 bits per heavy atom. The lowest BCUT2D eigenvalue weighted by Gasteiger charge is -2.35. The monoisotopic (exact) mass is 491 g/mol. The second-order valence-corrected chi connectivity index (χ2v) is 10.5. The number of hydrogen-bond donors (Lipinski definition) is 3. The summed E-state index contributed by atoms with van der Waals surface area (Å²) >= 11 is 0. The fourth-order valence-corrected chi connectivity index (χ4v) is 5.76. The van der Waals surface area contributed by atoms with Crippen molar-refractivity contribution >= 4 is 17.5 Å². The SMILES string of the molecule is CCCc1cc(C(=O)NC(Cc2ccccc2)C(O)C(N)C2CCCCC2)cc(N2CCCC2=O)c1. The first-order chi connectivity index (χ1) is 17.5. The number of nitrogens with zero attached hydrogens (tertiary/aromatic N) is 1. The minimum absolute atomic E-state index is 0.103. The van der Waals surface area contributed by atoms with Gasteiger partial charge in [-0.25, -0.2) is 0 Å². The maximum Gasteiger partial charge on any atom is 0.251 e. The van der Waals surface area contributed by atoms with Gasteiger partial charge in [0.25, 0.3) is 5.91 Å². The smallest absolute Gasteiger partial charge is 0.251 e. The number of nitrogens with one attached hydrogen (secondary N) is 1. The number of carbonyl (C=O) groups is 2. The molecule has 0 radical (unpaired) electrons. The number of anilines is 1. The Morgan fingerprint density at radius 3 is 2.50 bits per heavy atom. The number of aryl methyl sites for hydroxylation is 1. The summed E-state index contributed by atoms with van der Waals surface area (Å²) in [6, 6.07) is 14.8. The van der Waals surface area contributed by atoms with Crippen molar-refractivity contribution in [2.45, 2.75) is 89.3 Å². The molecule has 2 amide bonds. The lowest BCUT2D eigenvalue weighted by Crippen LogP contribution is -2.55. The maximum absolute atomic E-state index is 13.6. The van der Waals surface area contributed by atoms with Gasteiger partial charge in [0.15, 0.2) is 0 Å². The van der Waals surface area contributed by atoms with Crippen LogP contribution in [0.1, 0.15) is 79.8 Å². The van der Waals surface area contributed by atoms with Gasteiger partial charge in [0.2, 0.25) is 5.91 Å². The van der Waals surface area contributed by atoms with Crippen LogP contribution < -0.4 is 16.0 Å². The lowest BCUT2D eigenvalue weighted by atomic mass is 9.80. The molecule has 4 rings (SSSR count). The number of nitrogens with two attached hydrogens (primary N) is 1. The van der Waals surface area contributed by atoms with Gasteiger partial charge < -0.3 is 21.1 Å². The summed E-state index contributed by atoms with van der Waals surface area (Å²) in [5.74, 6) is 0.132. The molecule has 194 valence electrons. The molecule has 1 aliphatic heterocycles. The summed E-state index contributed by atoms with van der Waals surface area (Å²) in [4.78, 5) is 27.8. The quantitative estimate of drug-likeness (QED) is 0.460. The molecule has 3 atom stereocenters. The lowest BCUT2D eigenvalue weighted by molar-refractivity contribution is -0.117.